The van der Waals surface area contributed by atoms with Gasteiger partial charge in [-0.15, -0.1) is 0 Å². The van der Waals surface area contributed by atoms with Crippen molar-refractivity contribution in [3.8, 4) is 11.3 Å². The summed E-state index contributed by atoms with van der Waals surface area (Å²) in [6.07, 6.45) is 1.97. The molecule has 20 heavy (non-hydrogen) atoms. The maximum absolute atomic E-state index is 6.30. The summed E-state index contributed by atoms with van der Waals surface area (Å²) < 4.78 is 2.30. The number of fused-ring (bicyclic) bond motifs is 2. The van der Waals surface area contributed by atoms with Gasteiger partial charge in [-0.3, -0.25) is 0 Å². The molecule has 3 nitrogen and oxygen atoms in total. The van der Waals surface area contributed by atoms with E-state index in [-0.39, 0.29) is 0 Å². The molecule has 4 heteroatoms. The largest absolute Gasteiger partial charge is 0.326 e. The normalized spacial score (nSPS) is 14.4. The molecule has 0 radical (unpaired) electrons. The molecule has 0 amide bonds. The second kappa shape index (κ2) is 4.62. The van der Waals surface area contributed by atoms with Gasteiger partial charge in [-0.2, -0.15) is 0 Å². The minimum atomic E-state index is 0.796. The Morgan fingerprint density at radius 1 is 1.10 bits per heavy atom. The van der Waals surface area contributed by atoms with Gasteiger partial charge >= 0.3 is 0 Å². The Balaban J connectivity index is 1.99. The van der Waals surface area contributed by atoms with Crippen LogP contribution < -0.4 is 5.32 Å². The van der Waals surface area contributed by atoms with Crippen LogP contribution in [0.3, 0.4) is 0 Å². The monoisotopic (exact) mass is 283 g/mol. The zero-order chi connectivity index (χ0) is 13.5. The highest BCUT2D eigenvalue weighted by atomic mass is 35.5. The van der Waals surface area contributed by atoms with Crippen LogP contribution in [0.1, 0.15) is 5.82 Å². The van der Waals surface area contributed by atoms with Crippen LogP contribution in [0, 0.1) is 0 Å². The Kier molecular flexibility index (Phi) is 2.76. The minimum absolute atomic E-state index is 0.796. The molecule has 0 fully saturated rings. The lowest BCUT2D eigenvalue weighted by atomic mass is 10.0. The Labute approximate surface area is 122 Å². The molecule has 1 aliphatic rings. The van der Waals surface area contributed by atoms with Crippen molar-refractivity contribution < 1.29 is 0 Å². The Hall–Kier alpha value is -1.84. The predicted molar refractivity (Wildman–Crippen MR) is 81.9 cm³/mol. The van der Waals surface area contributed by atoms with Crippen LogP contribution in [0.25, 0.3) is 22.0 Å². The molecule has 0 saturated carbocycles. The lowest BCUT2D eigenvalue weighted by Crippen LogP contribution is -2.28. The number of benzene rings is 2. The Morgan fingerprint density at radius 3 is 2.85 bits per heavy atom. The second-order valence-corrected chi connectivity index (χ2v) is 5.44. The zero-order valence-corrected chi connectivity index (χ0v) is 11.7. The number of imidazole rings is 1. The van der Waals surface area contributed by atoms with Crippen molar-refractivity contribution in [3.05, 3.63) is 53.4 Å². The molecule has 0 atom stereocenters. The van der Waals surface area contributed by atoms with E-state index in [1.807, 2.05) is 18.3 Å². The van der Waals surface area contributed by atoms with Crippen LogP contribution >= 0.6 is 11.6 Å². The molecule has 0 spiro atoms. The van der Waals surface area contributed by atoms with E-state index in [1.165, 1.54) is 16.6 Å². The fraction of sp³-hybridized carbons (Fsp3) is 0.188. The Morgan fingerprint density at radius 2 is 1.95 bits per heavy atom. The van der Waals surface area contributed by atoms with Gasteiger partial charge in [-0.05, 0) is 11.5 Å². The number of aromatic nitrogens is 2. The number of nitrogens with zero attached hydrogens (tertiary/aromatic N) is 2. The first-order chi connectivity index (χ1) is 9.84. The molecule has 0 aliphatic carbocycles. The van der Waals surface area contributed by atoms with Crippen LogP contribution in [-0.4, -0.2) is 16.1 Å². The topological polar surface area (TPSA) is 29.9 Å². The van der Waals surface area contributed by atoms with E-state index < -0.39 is 0 Å². The first-order valence-corrected chi connectivity index (χ1v) is 7.15. The van der Waals surface area contributed by atoms with Crippen LogP contribution in [0.2, 0.25) is 5.02 Å². The molecular formula is C16H14ClN3. The molecule has 1 aromatic heterocycles. The minimum Gasteiger partial charge on any atom is -0.326 e. The van der Waals surface area contributed by atoms with Gasteiger partial charge in [-0.25, -0.2) is 4.98 Å². The van der Waals surface area contributed by atoms with E-state index >= 15 is 0 Å². The SMILES string of the molecule is Clc1ccc(-c2cnc3n2CCNC3)c2ccccc12. The fourth-order valence-electron chi connectivity index (χ4n) is 2.90. The number of hydrogen-bond donors (Lipinski definition) is 1. The quantitative estimate of drug-likeness (QED) is 0.741. The highest BCUT2D eigenvalue weighted by molar-refractivity contribution is 6.36. The molecule has 4 rings (SSSR count). The molecule has 1 aliphatic heterocycles. The van der Waals surface area contributed by atoms with Gasteiger partial charge in [0.15, 0.2) is 0 Å². The summed E-state index contributed by atoms with van der Waals surface area (Å²) >= 11 is 6.30. The molecule has 0 bridgehead atoms. The maximum Gasteiger partial charge on any atom is 0.123 e. The third kappa shape index (κ3) is 1.74. The fourth-order valence-corrected chi connectivity index (χ4v) is 3.12. The summed E-state index contributed by atoms with van der Waals surface area (Å²) in [5.74, 6) is 1.10. The van der Waals surface area contributed by atoms with Gasteiger partial charge in [0.2, 0.25) is 0 Å². The summed E-state index contributed by atoms with van der Waals surface area (Å²) in [7, 11) is 0. The highest BCUT2D eigenvalue weighted by Gasteiger charge is 2.16. The predicted octanol–water partition coefficient (Wildman–Crippen LogP) is 3.46. The van der Waals surface area contributed by atoms with E-state index in [9.17, 15) is 0 Å². The summed E-state index contributed by atoms with van der Waals surface area (Å²) in [5, 5.41) is 6.42. The third-order valence-electron chi connectivity index (χ3n) is 3.88. The van der Waals surface area contributed by atoms with Crippen LogP contribution in [0.15, 0.2) is 42.6 Å². The van der Waals surface area contributed by atoms with Gasteiger partial charge in [0.05, 0.1) is 18.4 Å². The summed E-state index contributed by atoms with van der Waals surface area (Å²) in [6.45, 7) is 2.79. The van der Waals surface area contributed by atoms with Crippen molar-refractivity contribution in [2.75, 3.05) is 6.54 Å². The molecule has 1 N–H and O–H groups in total. The number of halogens is 1. The Bertz CT molecular complexity index is 792. The highest BCUT2D eigenvalue weighted by Crippen LogP contribution is 2.33. The van der Waals surface area contributed by atoms with E-state index in [0.29, 0.717) is 0 Å². The number of nitrogens with one attached hydrogen (secondary N) is 1. The van der Waals surface area contributed by atoms with E-state index in [4.69, 9.17) is 11.6 Å². The first-order valence-electron chi connectivity index (χ1n) is 6.77. The van der Waals surface area contributed by atoms with E-state index in [0.717, 1.165) is 35.9 Å². The smallest absolute Gasteiger partial charge is 0.123 e. The van der Waals surface area contributed by atoms with E-state index in [2.05, 4.69) is 39.1 Å². The lowest BCUT2D eigenvalue weighted by Gasteiger charge is -2.18. The third-order valence-corrected chi connectivity index (χ3v) is 4.21. The van der Waals surface area contributed by atoms with Crippen molar-refractivity contribution in [1.29, 1.82) is 0 Å². The van der Waals surface area contributed by atoms with Gasteiger partial charge in [0, 0.05) is 29.1 Å². The van der Waals surface area contributed by atoms with Crippen molar-refractivity contribution in [2.45, 2.75) is 13.1 Å². The molecule has 2 aromatic carbocycles. The van der Waals surface area contributed by atoms with Crippen LogP contribution in [0.4, 0.5) is 0 Å². The van der Waals surface area contributed by atoms with Gasteiger partial charge in [0.25, 0.3) is 0 Å². The molecule has 0 unspecified atom stereocenters. The van der Waals surface area contributed by atoms with Gasteiger partial charge < -0.3 is 9.88 Å². The average molecular weight is 284 g/mol. The molecule has 2 heterocycles. The van der Waals surface area contributed by atoms with Crippen LogP contribution in [0.5, 0.6) is 0 Å². The standard InChI is InChI=1S/C16H14ClN3/c17-14-6-5-13(11-3-1-2-4-12(11)14)15-9-19-16-10-18-7-8-20(15)16/h1-6,9,18H,7-8,10H2. The molecular weight excluding hydrogens is 270 g/mol. The first kappa shape index (κ1) is 11.9. The van der Waals surface area contributed by atoms with Crippen molar-refractivity contribution >= 4 is 22.4 Å². The number of hydrogen-bond acceptors (Lipinski definition) is 2. The average Bonchev–Trinajstić information content (AvgIpc) is 2.92. The van der Waals surface area contributed by atoms with Crippen molar-refractivity contribution in [2.24, 2.45) is 0 Å². The summed E-state index contributed by atoms with van der Waals surface area (Å²) in [5.41, 5.74) is 2.38. The maximum atomic E-state index is 6.30. The van der Waals surface area contributed by atoms with Gasteiger partial charge in [-0.1, -0.05) is 41.9 Å². The molecule has 0 saturated heterocycles. The lowest BCUT2D eigenvalue weighted by molar-refractivity contribution is 0.508. The summed E-state index contributed by atoms with van der Waals surface area (Å²) in [4.78, 5) is 4.53. The summed E-state index contributed by atoms with van der Waals surface area (Å²) in [6, 6.07) is 12.3. The molecule has 3 aromatic rings. The van der Waals surface area contributed by atoms with Crippen molar-refractivity contribution in [3.63, 3.8) is 0 Å². The van der Waals surface area contributed by atoms with Gasteiger partial charge in [0.1, 0.15) is 5.82 Å². The number of rotatable bonds is 1. The van der Waals surface area contributed by atoms with Crippen molar-refractivity contribution in [1.82, 2.24) is 14.9 Å². The molecule has 100 valence electrons. The van der Waals surface area contributed by atoms with Crippen LogP contribution in [-0.2, 0) is 13.1 Å². The zero-order valence-electron chi connectivity index (χ0n) is 10.9. The second-order valence-electron chi connectivity index (χ2n) is 5.03. The van der Waals surface area contributed by atoms with E-state index in [1.54, 1.807) is 0 Å².